The highest BCUT2D eigenvalue weighted by Gasteiger charge is 2.34. The molecule has 1 heterocycles. The first kappa shape index (κ1) is 15.8. The predicted molar refractivity (Wildman–Crippen MR) is 84.4 cm³/mol. The molecular formula is C17H26N2O2. The number of hydrogen-bond acceptors (Lipinski definition) is 3. The third kappa shape index (κ3) is 3.38. The summed E-state index contributed by atoms with van der Waals surface area (Å²) in [7, 11) is 0. The molecule has 0 radical (unpaired) electrons. The van der Waals surface area contributed by atoms with Gasteiger partial charge in [-0.25, -0.2) is 0 Å². The van der Waals surface area contributed by atoms with Crippen LogP contribution in [0.4, 0.5) is 0 Å². The van der Waals surface area contributed by atoms with E-state index in [0.29, 0.717) is 19.4 Å². The van der Waals surface area contributed by atoms with Gasteiger partial charge in [0, 0.05) is 12.8 Å². The van der Waals surface area contributed by atoms with Crippen LogP contribution in [0.3, 0.4) is 0 Å². The standard InChI is InChI=1S/C17H26N2O2/c1-11-10-12(2)14-7-8-17(4,21-16(14)13(11)3)19-15(20)6-5-9-18/h10H,5-9,18H2,1-4H3,(H,19,20). The Hall–Kier alpha value is -1.55. The Kier molecular flexibility index (Phi) is 4.57. The number of benzene rings is 1. The number of nitrogens with one attached hydrogen (secondary N) is 1. The minimum atomic E-state index is -0.621. The number of carbonyl (C=O) groups is 1. The molecule has 0 saturated carbocycles. The highest BCUT2D eigenvalue weighted by molar-refractivity contribution is 5.76. The molecule has 4 nitrogen and oxygen atoms in total. The van der Waals surface area contributed by atoms with E-state index in [9.17, 15) is 4.79 Å². The Bertz CT molecular complexity index is 554. The Labute approximate surface area is 127 Å². The molecule has 3 N–H and O–H groups in total. The Morgan fingerprint density at radius 3 is 2.76 bits per heavy atom. The molecule has 0 aromatic heterocycles. The molecule has 0 aliphatic carbocycles. The number of amides is 1. The molecule has 1 aromatic rings. The number of carbonyl (C=O) groups excluding carboxylic acids is 1. The number of ether oxygens (including phenoxy) is 1. The summed E-state index contributed by atoms with van der Waals surface area (Å²) in [6.07, 6.45) is 2.87. The van der Waals surface area contributed by atoms with Crippen molar-refractivity contribution in [3.05, 3.63) is 28.3 Å². The molecule has 0 bridgehead atoms. The monoisotopic (exact) mass is 290 g/mol. The van der Waals surface area contributed by atoms with Gasteiger partial charge in [0.15, 0.2) is 5.72 Å². The second kappa shape index (κ2) is 6.06. The summed E-state index contributed by atoms with van der Waals surface area (Å²) in [6.45, 7) is 8.78. The van der Waals surface area contributed by atoms with Crippen molar-refractivity contribution >= 4 is 5.91 Å². The molecule has 1 unspecified atom stereocenters. The molecule has 21 heavy (non-hydrogen) atoms. The van der Waals surface area contributed by atoms with E-state index < -0.39 is 5.72 Å². The molecule has 4 heteroatoms. The van der Waals surface area contributed by atoms with Crippen LogP contribution in [0, 0.1) is 20.8 Å². The van der Waals surface area contributed by atoms with Gasteiger partial charge in [0.05, 0.1) is 0 Å². The van der Waals surface area contributed by atoms with Gasteiger partial charge < -0.3 is 15.8 Å². The zero-order valence-corrected chi connectivity index (χ0v) is 13.5. The quantitative estimate of drug-likeness (QED) is 0.895. The molecule has 2 rings (SSSR count). The molecule has 1 amide bonds. The average molecular weight is 290 g/mol. The van der Waals surface area contributed by atoms with E-state index in [1.165, 1.54) is 16.7 Å². The van der Waals surface area contributed by atoms with Crippen molar-refractivity contribution in [2.45, 2.75) is 59.1 Å². The topological polar surface area (TPSA) is 64.3 Å². The molecular weight excluding hydrogens is 264 g/mol. The van der Waals surface area contributed by atoms with Gasteiger partial charge in [0.2, 0.25) is 5.91 Å². The maximum atomic E-state index is 12.0. The molecule has 1 aliphatic heterocycles. The summed E-state index contributed by atoms with van der Waals surface area (Å²) in [6, 6.07) is 2.21. The van der Waals surface area contributed by atoms with Crippen molar-refractivity contribution in [2.75, 3.05) is 6.54 Å². The SMILES string of the molecule is Cc1cc(C)c2c(c1C)OC(C)(NC(=O)CCCN)CC2. The lowest BCUT2D eigenvalue weighted by atomic mass is 9.91. The zero-order chi connectivity index (χ0) is 15.6. The lowest BCUT2D eigenvalue weighted by Crippen LogP contribution is -2.52. The van der Waals surface area contributed by atoms with Crippen LogP contribution in [0.25, 0.3) is 0 Å². The first-order valence-electron chi connectivity index (χ1n) is 7.66. The summed E-state index contributed by atoms with van der Waals surface area (Å²) < 4.78 is 6.20. The highest BCUT2D eigenvalue weighted by atomic mass is 16.5. The Balaban J connectivity index is 2.20. The summed E-state index contributed by atoms with van der Waals surface area (Å²) in [5.74, 6) is 0.953. The first-order chi connectivity index (χ1) is 9.86. The molecule has 1 atom stereocenters. The van der Waals surface area contributed by atoms with Crippen LogP contribution in [0.1, 0.15) is 48.4 Å². The van der Waals surface area contributed by atoms with Crippen LogP contribution >= 0.6 is 0 Å². The number of nitrogens with two attached hydrogens (primary N) is 1. The van der Waals surface area contributed by atoms with E-state index in [-0.39, 0.29) is 5.91 Å². The van der Waals surface area contributed by atoms with Crippen LogP contribution in [0.2, 0.25) is 0 Å². The predicted octanol–water partition coefficient (Wildman–Crippen LogP) is 2.51. The molecule has 116 valence electrons. The van der Waals surface area contributed by atoms with Crippen LogP contribution in [0.5, 0.6) is 5.75 Å². The fraction of sp³-hybridized carbons (Fsp3) is 0.588. The smallest absolute Gasteiger partial charge is 0.223 e. The van der Waals surface area contributed by atoms with Gasteiger partial charge in [-0.15, -0.1) is 0 Å². The third-order valence-corrected chi connectivity index (χ3v) is 4.31. The summed E-state index contributed by atoms with van der Waals surface area (Å²) >= 11 is 0. The van der Waals surface area contributed by atoms with Crippen LogP contribution in [0.15, 0.2) is 6.07 Å². The summed E-state index contributed by atoms with van der Waals surface area (Å²) in [5, 5.41) is 3.02. The average Bonchev–Trinajstić information content (AvgIpc) is 2.42. The van der Waals surface area contributed by atoms with Crippen molar-refractivity contribution in [2.24, 2.45) is 5.73 Å². The molecule has 1 aromatic carbocycles. The van der Waals surface area contributed by atoms with Gasteiger partial charge in [-0.1, -0.05) is 6.07 Å². The Morgan fingerprint density at radius 1 is 1.38 bits per heavy atom. The molecule has 0 fully saturated rings. The summed E-state index contributed by atoms with van der Waals surface area (Å²) in [5.41, 5.74) is 9.76. The van der Waals surface area contributed by atoms with Crippen molar-refractivity contribution in [1.29, 1.82) is 0 Å². The summed E-state index contributed by atoms with van der Waals surface area (Å²) in [4.78, 5) is 12.0. The van der Waals surface area contributed by atoms with Gasteiger partial charge in [-0.3, -0.25) is 4.79 Å². The lowest BCUT2D eigenvalue weighted by molar-refractivity contribution is -0.127. The second-order valence-corrected chi connectivity index (χ2v) is 6.22. The minimum Gasteiger partial charge on any atom is -0.468 e. The van der Waals surface area contributed by atoms with E-state index in [4.69, 9.17) is 10.5 Å². The number of hydrogen-bond donors (Lipinski definition) is 2. The highest BCUT2D eigenvalue weighted by Crippen LogP contribution is 2.38. The number of fused-ring (bicyclic) bond motifs is 1. The first-order valence-corrected chi connectivity index (χ1v) is 7.66. The third-order valence-electron chi connectivity index (χ3n) is 4.31. The lowest BCUT2D eigenvalue weighted by Gasteiger charge is -2.38. The van der Waals surface area contributed by atoms with Crippen molar-refractivity contribution in [3.63, 3.8) is 0 Å². The Morgan fingerprint density at radius 2 is 2.10 bits per heavy atom. The van der Waals surface area contributed by atoms with Gasteiger partial charge in [0.1, 0.15) is 5.75 Å². The second-order valence-electron chi connectivity index (χ2n) is 6.22. The van der Waals surface area contributed by atoms with E-state index in [2.05, 4.69) is 32.2 Å². The van der Waals surface area contributed by atoms with E-state index in [0.717, 1.165) is 24.2 Å². The van der Waals surface area contributed by atoms with Crippen molar-refractivity contribution in [3.8, 4) is 5.75 Å². The van der Waals surface area contributed by atoms with Crippen LogP contribution < -0.4 is 15.8 Å². The molecule has 0 spiro atoms. The maximum absolute atomic E-state index is 12.0. The van der Waals surface area contributed by atoms with Crippen LogP contribution in [-0.4, -0.2) is 18.2 Å². The zero-order valence-electron chi connectivity index (χ0n) is 13.5. The molecule has 0 saturated heterocycles. The van der Waals surface area contributed by atoms with Crippen molar-refractivity contribution < 1.29 is 9.53 Å². The molecule has 1 aliphatic rings. The van der Waals surface area contributed by atoms with Gasteiger partial charge in [0.25, 0.3) is 0 Å². The van der Waals surface area contributed by atoms with Gasteiger partial charge >= 0.3 is 0 Å². The fourth-order valence-corrected chi connectivity index (χ4v) is 2.90. The van der Waals surface area contributed by atoms with Crippen molar-refractivity contribution in [1.82, 2.24) is 5.32 Å². The normalized spacial score (nSPS) is 20.6. The van der Waals surface area contributed by atoms with E-state index >= 15 is 0 Å². The number of rotatable bonds is 4. The minimum absolute atomic E-state index is 0.00780. The van der Waals surface area contributed by atoms with Gasteiger partial charge in [-0.2, -0.15) is 0 Å². The largest absolute Gasteiger partial charge is 0.468 e. The van der Waals surface area contributed by atoms with Crippen LogP contribution in [-0.2, 0) is 11.2 Å². The fourth-order valence-electron chi connectivity index (χ4n) is 2.90. The van der Waals surface area contributed by atoms with E-state index in [1.807, 2.05) is 6.92 Å². The maximum Gasteiger partial charge on any atom is 0.223 e. The van der Waals surface area contributed by atoms with Gasteiger partial charge in [-0.05, 0) is 69.3 Å². The number of aryl methyl sites for hydroxylation is 2. The van der Waals surface area contributed by atoms with E-state index in [1.54, 1.807) is 0 Å².